The van der Waals surface area contributed by atoms with E-state index in [1.807, 2.05) is 0 Å². The topological polar surface area (TPSA) is 113 Å². The third-order valence-corrected chi connectivity index (χ3v) is 2.40. The molecule has 0 saturated carbocycles. The number of aliphatic carboxylic acids is 2. The molecule has 0 unspecified atom stereocenters. The van der Waals surface area contributed by atoms with Gasteiger partial charge in [-0.2, -0.15) is 0 Å². The van der Waals surface area contributed by atoms with Crippen molar-refractivity contribution in [2.24, 2.45) is 0 Å². The van der Waals surface area contributed by atoms with Gasteiger partial charge in [-0.15, -0.1) is 0 Å². The molecule has 0 bridgehead atoms. The van der Waals surface area contributed by atoms with E-state index >= 15 is 0 Å². The van der Waals surface area contributed by atoms with Gasteiger partial charge in [-0.05, 0) is 17.7 Å². The van der Waals surface area contributed by atoms with E-state index in [1.54, 1.807) is 24.3 Å². The number of benzene rings is 1. The van der Waals surface area contributed by atoms with Gasteiger partial charge in [0.15, 0.2) is 6.61 Å². The van der Waals surface area contributed by atoms with Crippen LogP contribution in [0, 0.1) is 0 Å². The number of carbonyl (C=O) groups excluding carboxylic acids is 1. The molecule has 1 atom stereocenters. The molecule has 0 heterocycles. The molecule has 20 heavy (non-hydrogen) atoms. The van der Waals surface area contributed by atoms with Gasteiger partial charge in [0.2, 0.25) is 5.91 Å². The molecule has 108 valence electrons. The van der Waals surface area contributed by atoms with Gasteiger partial charge >= 0.3 is 11.9 Å². The largest absolute Gasteiger partial charge is 0.482 e. The summed E-state index contributed by atoms with van der Waals surface area (Å²) in [5, 5.41) is 19.8. The highest BCUT2D eigenvalue weighted by Gasteiger charge is 2.18. The standard InChI is InChI=1S/C13H15NO6/c1-8(15)14-11(13(18)19)6-9-2-4-10(5-3-9)20-7-12(16)17/h2-5,11H,6-7H2,1H3,(H,14,15)(H,16,17)(H,18,19)/t11-/m1/s1. The SMILES string of the molecule is CC(=O)N[C@H](Cc1ccc(OCC(=O)O)cc1)C(=O)O. The fourth-order valence-electron chi connectivity index (χ4n) is 1.55. The monoisotopic (exact) mass is 281 g/mol. The molecule has 0 aromatic heterocycles. The number of hydrogen-bond acceptors (Lipinski definition) is 4. The summed E-state index contributed by atoms with van der Waals surface area (Å²) in [6, 6.07) is 5.33. The van der Waals surface area contributed by atoms with Crippen LogP contribution in [0.4, 0.5) is 0 Å². The van der Waals surface area contributed by atoms with Crippen LogP contribution < -0.4 is 10.1 Å². The van der Waals surface area contributed by atoms with Gasteiger partial charge in [0.1, 0.15) is 11.8 Å². The molecule has 0 aliphatic carbocycles. The number of carboxylic acid groups (broad SMARTS) is 2. The Morgan fingerprint density at radius 2 is 1.80 bits per heavy atom. The average molecular weight is 281 g/mol. The highest BCUT2D eigenvalue weighted by molar-refractivity contribution is 5.82. The van der Waals surface area contributed by atoms with Crippen molar-refractivity contribution in [1.29, 1.82) is 0 Å². The van der Waals surface area contributed by atoms with Crippen molar-refractivity contribution in [3.05, 3.63) is 29.8 Å². The quantitative estimate of drug-likeness (QED) is 0.661. The fourth-order valence-corrected chi connectivity index (χ4v) is 1.55. The summed E-state index contributed by atoms with van der Waals surface area (Å²) in [6.07, 6.45) is 0.133. The number of nitrogens with one attached hydrogen (secondary N) is 1. The maximum atomic E-state index is 11.0. The minimum atomic E-state index is -1.12. The van der Waals surface area contributed by atoms with E-state index in [0.717, 1.165) is 0 Å². The second kappa shape index (κ2) is 7.13. The van der Waals surface area contributed by atoms with Crippen molar-refractivity contribution in [2.45, 2.75) is 19.4 Å². The molecule has 1 aromatic carbocycles. The number of carbonyl (C=O) groups is 3. The summed E-state index contributed by atoms with van der Waals surface area (Å²) in [5.74, 6) is -2.24. The Morgan fingerprint density at radius 3 is 2.25 bits per heavy atom. The highest BCUT2D eigenvalue weighted by Crippen LogP contribution is 2.13. The molecule has 0 aliphatic heterocycles. The van der Waals surface area contributed by atoms with E-state index in [2.05, 4.69) is 5.32 Å². The van der Waals surface area contributed by atoms with Crippen molar-refractivity contribution >= 4 is 17.8 Å². The first kappa shape index (κ1) is 15.5. The average Bonchev–Trinajstić information content (AvgIpc) is 2.36. The molecule has 1 aromatic rings. The van der Waals surface area contributed by atoms with Gasteiger partial charge in [0.05, 0.1) is 0 Å². The van der Waals surface area contributed by atoms with Crippen LogP contribution in [-0.2, 0) is 20.8 Å². The molecule has 0 radical (unpaired) electrons. The number of carboxylic acids is 2. The Hall–Kier alpha value is -2.57. The van der Waals surface area contributed by atoms with Crippen LogP contribution >= 0.6 is 0 Å². The zero-order chi connectivity index (χ0) is 15.1. The Bertz CT molecular complexity index is 496. The number of amides is 1. The van der Waals surface area contributed by atoms with E-state index in [1.165, 1.54) is 6.92 Å². The van der Waals surface area contributed by atoms with Crippen LogP contribution in [-0.4, -0.2) is 40.7 Å². The van der Waals surface area contributed by atoms with Crippen LogP contribution in [0.15, 0.2) is 24.3 Å². The minimum absolute atomic E-state index is 0.133. The van der Waals surface area contributed by atoms with Crippen LogP contribution in [0.2, 0.25) is 0 Å². The van der Waals surface area contributed by atoms with E-state index in [4.69, 9.17) is 14.9 Å². The molecule has 1 amide bonds. The second-order valence-corrected chi connectivity index (χ2v) is 4.12. The molecule has 0 fully saturated rings. The van der Waals surface area contributed by atoms with Crippen molar-refractivity contribution in [1.82, 2.24) is 5.32 Å². The molecule has 1 rings (SSSR count). The predicted octanol–water partition coefficient (Wildman–Crippen LogP) is 0.282. The lowest BCUT2D eigenvalue weighted by Crippen LogP contribution is -2.41. The lowest BCUT2D eigenvalue weighted by molar-refractivity contribution is -0.141. The number of rotatable bonds is 7. The van der Waals surface area contributed by atoms with Gasteiger partial charge < -0.3 is 20.3 Å². The third-order valence-electron chi connectivity index (χ3n) is 2.40. The second-order valence-electron chi connectivity index (χ2n) is 4.12. The van der Waals surface area contributed by atoms with Gasteiger partial charge in [0.25, 0.3) is 0 Å². The van der Waals surface area contributed by atoms with Crippen LogP contribution in [0.25, 0.3) is 0 Å². The Morgan fingerprint density at radius 1 is 1.20 bits per heavy atom. The zero-order valence-electron chi connectivity index (χ0n) is 10.8. The van der Waals surface area contributed by atoms with Gasteiger partial charge in [-0.3, -0.25) is 4.79 Å². The minimum Gasteiger partial charge on any atom is -0.482 e. The summed E-state index contributed by atoms with van der Waals surface area (Å²) in [5.41, 5.74) is 0.689. The summed E-state index contributed by atoms with van der Waals surface area (Å²) in [6.45, 7) is 0.807. The molecule has 3 N–H and O–H groups in total. The van der Waals surface area contributed by atoms with Crippen molar-refractivity contribution in [3.8, 4) is 5.75 Å². The first-order chi connectivity index (χ1) is 9.38. The Kier molecular flexibility index (Phi) is 5.52. The van der Waals surface area contributed by atoms with Crippen LogP contribution in [0.3, 0.4) is 0 Å². The van der Waals surface area contributed by atoms with Gasteiger partial charge in [-0.1, -0.05) is 12.1 Å². The number of ether oxygens (including phenoxy) is 1. The normalized spacial score (nSPS) is 11.4. The maximum Gasteiger partial charge on any atom is 0.341 e. The molecule has 0 saturated heterocycles. The maximum absolute atomic E-state index is 11.0. The third kappa shape index (κ3) is 5.38. The molecule has 0 aliphatic rings. The van der Waals surface area contributed by atoms with Crippen LogP contribution in [0.5, 0.6) is 5.75 Å². The first-order valence-electron chi connectivity index (χ1n) is 5.82. The van der Waals surface area contributed by atoms with Gasteiger partial charge in [0, 0.05) is 13.3 Å². The Labute approximate surface area is 115 Å². The summed E-state index contributed by atoms with van der Waals surface area (Å²) in [4.78, 5) is 32.2. The van der Waals surface area contributed by atoms with Gasteiger partial charge in [-0.25, -0.2) is 9.59 Å². The lowest BCUT2D eigenvalue weighted by Gasteiger charge is -2.13. The number of hydrogen-bond donors (Lipinski definition) is 3. The van der Waals surface area contributed by atoms with E-state index in [9.17, 15) is 14.4 Å². The van der Waals surface area contributed by atoms with Crippen molar-refractivity contribution in [3.63, 3.8) is 0 Å². The lowest BCUT2D eigenvalue weighted by atomic mass is 10.1. The molecule has 7 heteroatoms. The van der Waals surface area contributed by atoms with Crippen LogP contribution in [0.1, 0.15) is 12.5 Å². The summed E-state index contributed by atoms with van der Waals surface area (Å²) < 4.78 is 4.95. The van der Waals surface area contributed by atoms with E-state index in [-0.39, 0.29) is 6.42 Å². The van der Waals surface area contributed by atoms with E-state index < -0.39 is 30.5 Å². The van der Waals surface area contributed by atoms with Crippen molar-refractivity contribution < 1.29 is 29.3 Å². The predicted molar refractivity (Wildman–Crippen MR) is 68.5 cm³/mol. The molecule has 0 spiro atoms. The van der Waals surface area contributed by atoms with Crippen molar-refractivity contribution in [2.75, 3.05) is 6.61 Å². The van der Waals surface area contributed by atoms with E-state index in [0.29, 0.717) is 11.3 Å². The first-order valence-corrected chi connectivity index (χ1v) is 5.82. The molecular formula is C13H15NO6. The summed E-state index contributed by atoms with van der Waals surface area (Å²) in [7, 11) is 0. The highest BCUT2D eigenvalue weighted by atomic mass is 16.5. The smallest absolute Gasteiger partial charge is 0.341 e. The zero-order valence-corrected chi connectivity index (χ0v) is 10.8. The Balaban J connectivity index is 2.65. The molecule has 7 nitrogen and oxygen atoms in total. The molecular weight excluding hydrogens is 266 g/mol. The fraction of sp³-hybridized carbons (Fsp3) is 0.308. The summed E-state index contributed by atoms with van der Waals surface area (Å²) >= 11 is 0.